The fraction of sp³-hybridized carbons (Fsp3) is 0.667. The minimum atomic E-state index is -2.06. The number of hydroxylamine groups is 2. The van der Waals surface area contributed by atoms with Crippen LogP contribution in [0, 0.1) is 5.21 Å². The van der Waals surface area contributed by atoms with Crippen LogP contribution >= 0.6 is 0 Å². The maximum atomic E-state index is 10.1. The van der Waals surface area contributed by atoms with Crippen LogP contribution in [0.15, 0.2) is 0 Å². The maximum Gasteiger partial charge on any atom is 0.397 e. The summed E-state index contributed by atoms with van der Waals surface area (Å²) in [6.45, 7) is 0. The van der Waals surface area contributed by atoms with Gasteiger partial charge < -0.3 is 15.1 Å². The summed E-state index contributed by atoms with van der Waals surface area (Å²) in [5, 5.41) is 24.4. The van der Waals surface area contributed by atoms with Crippen LogP contribution in [0.2, 0.25) is 0 Å². The summed E-state index contributed by atoms with van der Waals surface area (Å²) in [4.78, 5) is 10.1. The van der Waals surface area contributed by atoms with Crippen molar-refractivity contribution in [1.82, 2.24) is 0 Å². The monoisotopic (exact) mass is 137 g/mol. The third-order valence-corrected chi connectivity index (χ3v) is 0.658. The topological polar surface area (TPSA) is 94.3 Å². The lowest BCUT2D eigenvalue weighted by atomic mass is 10.6. The smallest absolute Gasteiger partial charge is 0.397 e. The SMILES string of the molecule is COC(=O)C(O)[NH+]([O-])O. The van der Waals surface area contributed by atoms with Crippen LogP contribution in [0.5, 0.6) is 0 Å². The van der Waals surface area contributed by atoms with E-state index in [0.717, 1.165) is 7.11 Å². The van der Waals surface area contributed by atoms with E-state index in [1.54, 1.807) is 0 Å². The maximum absolute atomic E-state index is 10.1. The van der Waals surface area contributed by atoms with Gasteiger partial charge in [0.2, 0.25) is 0 Å². The van der Waals surface area contributed by atoms with Crippen molar-refractivity contribution < 1.29 is 25.1 Å². The van der Waals surface area contributed by atoms with Gasteiger partial charge in [-0.05, 0) is 0 Å². The van der Waals surface area contributed by atoms with Crippen LogP contribution in [-0.4, -0.2) is 29.6 Å². The van der Waals surface area contributed by atoms with E-state index in [9.17, 15) is 10.0 Å². The van der Waals surface area contributed by atoms with Crippen molar-refractivity contribution >= 4 is 5.97 Å². The normalized spacial score (nSPS) is 16.4. The van der Waals surface area contributed by atoms with Gasteiger partial charge in [-0.3, -0.25) is 0 Å². The minimum absolute atomic E-state index is 0.995. The summed E-state index contributed by atoms with van der Waals surface area (Å²) in [5.74, 6) is -1.16. The second kappa shape index (κ2) is 3.36. The van der Waals surface area contributed by atoms with Gasteiger partial charge >= 0.3 is 12.2 Å². The Labute approximate surface area is 50.8 Å². The number of hydrogen-bond acceptors (Lipinski definition) is 5. The number of nitrogens with one attached hydrogen (secondary N) is 1. The minimum Gasteiger partial charge on any atom is -0.598 e. The molecule has 0 aromatic carbocycles. The standard InChI is InChI=1S/C3H7NO5/c1-9-3(6)2(5)4(7)8/h2,4-5,7H,1H3. The molecule has 9 heavy (non-hydrogen) atoms. The molecule has 3 N–H and O–H groups in total. The Kier molecular flexibility index (Phi) is 3.10. The Morgan fingerprint density at radius 1 is 1.89 bits per heavy atom. The molecule has 0 aliphatic heterocycles. The summed E-state index contributed by atoms with van der Waals surface area (Å²) in [6.07, 6.45) is -2.06. The fourth-order valence-electron chi connectivity index (χ4n) is 0.212. The second-order valence-corrected chi connectivity index (χ2v) is 1.26. The zero-order valence-corrected chi connectivity index (χ0v) is 4.70. The lowest BCUT2D eigenvalue weighted by Gasteiger charge is -2.15. The van der Waals surface area contributed by atoms with Gasteiger partial charge in [0.05, 0.1) is 7.11 Å². The third-order valence-electron chi connectivity index (χ3n) is 0.658. The van der Waals surface area contributed by atoms with Crippen molar-refractivity contribution in [3.8, 4) is 0 Å². The van der Waals surface area contributed by atoms with E-state index >= 15 is 0 Å². The van der Waals surface area contributed by atoms with Crippen molar-refractivity contribution in [2.24, 2.45) is 0 Å². The largest absolute Gasteiger partial charge is 0.598 e. The molecule has 0 heterocycles. The van der Waals surface area contributed by atoms with Crippen LogP contribution in [-0.2, 0) is 9.53 Å². The van der Waals surface area contributed by atoms with Crippen molar-refractivity contribution in [2.75, 3.05) is 7.11 Å². The van der Waals surface area contributed by atoms with Crippen molar-refractivity contribution in [1.29, 1.82) is 0 Å². The van der Waals surface area contributed by atoms with E-state index in [-0.39, 0.29) is 0 Å². The van der Waals surface area contributed by atoms with E-state index < -0.39 is 17.4 Å². The van der Waals surface area contributed by atoms with Gasteiger partial charge in [-0.1, -0.05) is 0 Å². The average molecular weight is 137 g/mol. The molecule has 0 fully saturated rings. The molecule has 0 spiro atoms. The fourth-order valence-corrected chi connectivity index (χ4v) is 0.212. The number of quaternary nitrogens is 1. The number of aliphatic hydroxyl groups is 1. The summed E-state index contributed by atoms with van der Waals surface area (Å²) >= 11 is 0. The predicted molar refractivity (Wildman–Crippen MR) is 24.1 cm³/mol. The number of ether oxygens (including phenoxy) is 1. The Morgan fingerprint density at radius 3 is 2.44 bits per heavy atom. The molecule has 0 amide bonds. The average Bonchev–Trinajstić information content (AvgIpc) is 1.84. The van der Waals surface area contributed by atoms with Crippen LogP contribution < -0.4 is 5.23 Å². The summed E-state index contributed by atoms with van der Waals surface area (Å²) in [7, 11) is 0.995. The molecular formula is C3H7NO5. The van der Waals surface area contributed by atoms with Gasteiger partial charge in [0, 0.05) is 0 Å². The molecule has 0 saturated heterocycles. The summed E-state index contributed by atoms with van der Waals surface area (Å²) in [6, 6.07) is 0. The van der Waals surface area contributed by atoms with Gasteiger partial charge in [0.1, 0.15) is 0 Å². The van der Waals surface area contributed by atoms with Gasteiger partial charge in [-0.2, -0.15) is 5.23 Å². The number of carbonyl (C=O) groups is 1. The molecule has 6 nitrogen and oxygen atoms in total. The second-order valence-electron chi connectivity index (χ2n) is 1.26. The molecule has 2 unspecified atom stereocenters. The molecule has 0 aliphatic carbocycles. The van der Waals surface area contributed by atoms with E-state index in [1.807, 2.05) is 0 Å². The van der Waals surface area contributed by atoms with Crippen LogP contribution in [0.25, 0.3) is 0 Å². The molecule has 0 aromatic heterocycles. The lowest BCUT2D eigenvalue weighted by Crippen LogP contribution is -3.10. The molecule has 0 saturated carbocycles. The molecule has 0 radical (unpaired) electrons. The Bertz CT molecular complexity index is 102. The highest BCUT2D eigenvalue weighted by molar-refractivity contribution is 5.72. The zero-order chi connectivity index (χ0) is 7.44. The molecule has 2 atom stereocenters. The Hall–Kier alpha value is -0.690. The first-order valence-corrected chi connectivity index (χ1v) is 2.08. The lowest BCUT2D eigenvalue weighted by molar-refractivity contribution is -1.08. The number of aliphatic hydroxyl groups excluding tert-OH is 1. The molecule has 0 aliphatic rings. The van der Waals surface area contributed by atoms with E-state index in [1.165, 1.54) is 0 Å². The van der Waals surface area contributed by atoms with E-state index in [0.29, 0.717) is 0 Å². The van der Waals surface area contributed by atoms with Gasteiger partial charge in [0.15, 0.2) is 0 Å². The molecule has 54 valence electrons. The van der Waals surface area contributed by atoms with Gasteiger partial charge in [0.25, 0.3) is 0 Å². The van der Waals surface area contributed by atoms with Crippen LogP contribution in [0.3, 0.4) is 0 Å². The first kappa shape index (κ1) is 8.31. The first-order valence-electron chi connectivity index (χ1n) is 2.08. The number of hydrogen-bond donors (Lipinski definition) is 3. The highest BCUT2D eigenvalue weighted by Crippen LogP contribution is 1.73. The molecule has 0 bridgehead atoms. The summed E-state index contributed by atoms with van der Waals surface area (Å²) in [5.41, 5.74) is 0. The van der Waals surface area contributed by atoms with Crippen molar-refractivity contribution in [3.05, 3.63) is 5.21 Å². The first-order chi connectivity index (χ1) is 4.09. The zero-order valence-electron chi connectivity index (χ0n) is 4.70. The third kappa shape index (κ3) is 2.38. The number of esters is 1. The summed E-state index contributed by atoms with van der Waals surface area (Å²) < 4.78 is 3.90. The highest BCUT2D eigenvalue weighted by Gasteiger charge is 2.21. The van der Waals surface area contributed by atoms with E-state index in [2.05, 4.69) is 4.74 Å². The molecule has 6 heteroatoms. The number of rotatable bonds is 2. The predicted octanol–water partition coefficient (Wildman–Crippen LogP) is -2.75. The number of carbonyl (C=O) groups excluding carboxylic acids is 1. The van der Waals surface area contributed by atoms with Crippen molar-refractivity contribution in [2.45, 2.75) is 6.23 Å². The van der Waals surface area contributed by atoms with Gasteiger partial charge in [-0.15, -0.1) is 0 Å². The van der Waals surface area contributed by atoms with Gasteiger partial charge in [-0.25, -0.2) is 10.0 Å². The highest BCUT2D eigenvalue weighted by atomic mass is 16.8. The quantitative estimate of drug-likeness (QED) is 0.218. The molecule has 0 aromatic rings. The van der Waals surface area contributed by atoms with Crippen LogP contribution in [0.4, 0.5) is 0 Å². The Balaban J connectivity index is 3.72. The molecule has 0 rings (SSSR count). The molecular weight excluding hydrogens is 130 g/mol. The van der Waals surface area contributed by atoms with Crippen LogP contribution in [0.1, 0.15) is 0 Å². The Morgan fingerprint density at radius 2 is 2.33 bits per heavy atom. The van der Waals surface area contributed by atoms with E-state index in [4.69, 9.17) is 10.3 Å². The number of methoxy groups -OCH3 is 1. The van der Waals surface area contributed by atoms with Crippen molar-refractivity contribution in [3.63, 3.8) is 0 Å².